The summed E-state index contributed by atoms with van der Waals surface area (Å²) in [4.78, 5) is 14.3. The Labute approximate surface area is 82.0 Å². The summed E-state index contributed by atoms with van der Waals surface area (Å²) in [6.45, 7) is 0.0134. The molecule has 1 aromatic rings. The van der Waals surface area contributed by atoms with Crippen LogP contribution in [0.25, 0.3) is 0 Å². The van der Waals surface area contributed by atoms with Crippen LogP contribution in [0, 0.1) is 0 Å². The van der Waals surface area contributed by atoms with E-state index >= 15 is 0 Å². The van der Waals surface area contributed by atoms with Gasteiger partial charge in [-0.15, -0.1) is 11.3 Å². The Kier molecular flexibility index (Phi) is 3.22. The summed E-state index contributed by atoms with van der Waals surface area (Å²) >= 11 is 0.362. The van der Waals surface area contributed by atoms with Gasteiger partial charge in [-0.05, 0) is 7.05 Å². The molecule has 1 heterocycles. The van der Waals surface area contributed by atoms with Crippen molar-refractivity contribution in [2.45, 2.75) is 6.18 Å². The largest absolute Gasteiger partial charge is 0.443 e. The molecular formula is C7H7F3N2OS. The van der Waals surface area contributed by atoms with Gasteiger partial charge in [0.05, 0.1) is 11.4 Å². The van der Waals surface area contributed by atoms with Gasteiger partial charge in [-0.25, -0.2) is 4.98 Å². The molecule has 0 bridgehead atoms. The van der Waals surface area contributed by atoms with E-state index in [-0.39, 0.29) is 17.2 Å². The molecular weight excluding hydrogens is 217 g/mol. The van der Waals surface area contributed by atoms with Crippen molar-refractivity contribution < 1.29 is 18.0 Å². The molecule has 0 fully saturated rings. The van der Waals surface area contributed by atoms with Crippen molar-refractivity contribution in [3.05, 3.63) is 16.1 Å². The number of nitrogens with one attached hydrogen (secondary N) is 1. The molecule has 0 aliphatic heterocycles. The van der Waals surface area contributed by atoms with E-state index in [1.54, 1.807) is 7.05 Å². The first-order valence-electron chi connectivity index (χ1n) is 3.66. The van der Waals surface area contributed by atoms with E-state index in [0.29, 0.717) is 11.3 Å². The number of alkyl halides is 3. The second kappa shape index (κ2) is 4.05. The summed E-state index contributed by atoms with van der Waals surface area (Å²) in [5, 5.41) is 1.57. The molecule has 0 aliphatic rings. The van der Waals surface area contributed by atoms with Crippen molar-refractivity contribution >= 4 is 17.1 Å². The fourth-order valence-corrected chi connectivity index (χ4v) is 1.50. The Morgan fingerprint density at radius 2 is 2.29 bits per heavy atom. The first-order chi connectivity index (χ1) is 6.45. The van der Waals surface area contributed by atoms with E-state index in [9.17, 15) is 18.0 Å². The van der Waals surface area contributed by atoms with E-state index in [0.717, 1.165) is 6.20 Å². The van der Waals surface area contributed by atoms with Crippen molar-refractivity contribution in [2.24, 2.45) is 0 Å². The number of halogens is 3. The van der Waals surface area contributed by atoms with Crippen molar-refractivity contribution in [1.29, 1.82) is 0 Å². The van der Waals surface area contributed by atoms with Crippen molar-refractivity contribution in [2.75, 3.05) is 13.6 Å². The summed E-state index contributed by atoms with van der Waals surface area (Å²) < 4.78 is 36.2. The van der Waals surface area contributed by atoms with E-state index in [2.05, 4.69) is 10.3 Å². The van der Waals surface area contributed by atoms with Crippen LogP contribution in [0.4, 0.5) is 13.2 Å². The maximum absolute atomic E-state index is 12.1. The Morgan fingerprint density at radius 1 is 1.64 bits per heavy atom. The highest BCUT2D eigenvalue weighted by atomic mass is 32.1. The third kappa shape index (κ3) is 2.52. The zero-order chi connectivity index (χ0) is 10.8. The minimum atomic E-state index is -4.47. The van der Waals surface area contributed by atoms with Gasteiger partial charge in [0.15, 0.2) is 10.8 Å². The molecule has 0 atom stereocenters. The number of aromatic nitrogens is 1. The first-order valence-corrected chi connectivity index (χ1v) is 4.47. The van der Waals surface area contributed by atoms with Gasteiger partial charge < -0.3 is 5.32 Å². The lowest BCUT2D eigenvalue weighted by Crippen LogP contribution is -2.17. The van der Waals surface area contributed by atoms with Gasteiger partial charge in [0, 0.05) is 6.20 Å². The van der Waals surface area contributed by atoms with Crippen LogP contribution in [-0.4, -0.2) is 24.4 Å². The number of hydrogen-bond donors (Lipinski definition) is 1. The standard InChI is InChI=1S/C7H7F3N2OS/c1-11-2-4(13)5-3-12-6(14-5)7(8,9)10/h3,11H,2H2,1H3. The molecule has 7 heteroatoms. The summed E-state index contributed by atoms with van der Waals surface area (Å²) in [6, 6.07) is 0. The zero-order valence-corrected chi connectivity index (χ0v) is 8.00. The summed E-state index contributed by atoms with van der Waals surface area (Å²) in [5.41, 5.74) is 0. The van der Waals surface area contributed by atoms with Crippen molar-refractivity contribution in [3.63, 3.8) is 0 Å². The number of nitrogens with zero attached hydrogens (tertiary/aromatic N) is 1. The van der Waals surface area contributed by atoms with Gasteiger partial charge in [0.1, 0.15) is 0 Å². The highest BCUT2D eigenvalue weighted by Gasteiger charge is 2.35. The minimum absolute atomic E-state index is 0.0134. The fraction of sp³-hybridized carbons (Fsp3) is 0.429. The molecule has 0 saturated heterocycles. The summed E-state index contributed by atoms with van der Waals surface area (Å²) in [6.07, 6.45) is -3.52. The third-order valence-electron chi connectivity index (χ3n) is 1.36. The fourth-order valence-electron chi connectivity index (χ4n) is 0.782. The van der Waals surface area contributed by atoms with Crippen LogP contribution in [-0.2, 0) is 6.18 Å². The smallest absolute Gasteiger partial charge is 0.313 e. The maximum atomic E-state index is 12.1. The lowest BCUT2D eigenvalue weighted by Gasteiger charge is -1.98. The second-order valence-electron chi connectivity index (χ2n) is 2.48. The average molecular weight is 224 g/mol. The van der Waals surface area contributed by atoms with Crippen LogP contribution in [0.3, 0.4) is 0 Å². The topological polar surface area (TPSA) is 42.0 Å². The normalized spacial score (nSPS) is 11.7. The molecule has 0 aliphatic carbocycles. The molecule has 0 unspecified atom stereocenters. The predicted octanol–water partition coefficient (Wildman–Crippen LogP) is 1.56. The summed E-state index contributed by atoms with van der Waals surface area (Å²) in [7, 11) is 1.55. The quantitative estimate of drug-likeness (QED) is 0.792. The van der Waals surface area contributed by atoms with Gasteiger partial charge in [0.25, 0.3) is 0 Å². The number of Topliss-reactive ketones (excluding diaryl/α,β-unsaturated/α-hetero) is 1. The molecule has 0 saturated carbocycles. The van der Waals surface area contributed by atoms with E-state index in [1.165, 1.54) is 0 Å². The van der Waals surface area contributed by atoms with Crippen LogP contribution in [0.2, 0.25) is 0 Å². The molecule has 1 N–H and O–H groups in total. The average Bonchev–Trinajstić information content (AvgIpc) is 2.51. The number of rotatable bonds is 3. The van der Waals surface area contributed by atoms with Crippen LogP contribution in [0.1, 0.15) is 14.7 Å². The number of thiazole rings is 1. The summed E-state index contributed by atoms with van der Waals surface area (Å²) in [5.74, 6) is -0.388. The van der Waals surface area contributed by atoms with Gasteiger partial charge in [-0.3, -0.25) is 4.79 Å². The number of likely N-dealkylation sites (N-methyl/N-ethyl adjacent to an activating group) is 1. The third-order valence-corrected chi connectivity index (χ3v) is 2.44. The van der Waals surface area contributed by atoms with Gasteiger partial charge in [-0.1, -0.05) is 0 Å². The molecule has 0 amide bonds. The number of ketones is 1. The Morgan fingerprint density at radius 3 is 2.71 bits per heavy atom. The number of carbonyl (C=O) groups excluding carboxylic acids is 1. The zero-order valence-electron chi connectivity index (χ0n) is 7.18. The van der Waals surface area contributed by atoms with Crippen molar-refractivity contribution in [1.82, 2.24) is 10.3 Å². The molecule has 78 valence electrons. The van der Waals surface area contributed by atoms with Crippen LogP contribution >= 0.6 is 11.3 Å². The van der Waals surface area contributed by atoms with Crippen LogP contribution in [0.5, 0.6) is 0 Å². The number of carbonyl (C=O) groups is 1. The van der Waals surface area contributed by atoms with Gasteiger partial charge >= 0.3 is 6.18 Å². The van der Waals surface area contributed by atoms with Crippen LogP contribution < -0.4 is 5.32 Å². The molecule has 3 nitrogen and oxygen atoms in total. The molecule has 0 radical (unpaired) electrons. The Hall–Kier alpha value is -0.950. The first kappa shape index (κ1) is 11.1. The monoisotopic (exact) mass is 224 g/mol. The van der Waals surface area contributed by atoms with Crippen molar-refractivity contribution in [3.8, 4) is 0 Å². The molecule has 0 aromatic carbocycles. The van der Waals surface area contributed by atoms with Gasteiger partial charge in [0.2, 0.25) is 0 Å². The lowest BCUT2D eigenvalue weighted by molar-refractivity contribution is -0.137. The highest BCUT2D eigenvalue weighted by Crippen LogP contribution is 2.32. The van der Waals surface area contributed by atoms with E-state index in [1.807, 2.05) is 0 Å². The minimum Gasteiger partial charge on any atom is -0.313 e. The number of hydrogen-bond acceptors (Lipinski definition) is 4. The second-order valence-corrected chi connectivity index (χ2v) is 3.51. The van der Waals surface area contributed by atoms with Crippen LogP contribution in [0.15, 0.2) is 6.20 Å². The van der Waals surface area contributed by atoms with E-state index < -0.39 is 11.2 Å². The Bertz CT molecular complexity index is 334. The maximum Gasteiger partial charge on any atom is 0.443 e. The molecule has 14 heavy (non-hydrogen) atoms. The highest BCUT2D eigenvalue weighted by molar-refractivity contribution is 7.13. The van der Waals surface area contributed by atoms with Gasteiger partial charge in [-0.2, -0.15) is 13.2 Å². The predicted molar refractivity (Wildman–Crippen MR) is 45.4 cm³/mol. The molecule has 1 rings (SSSR count). The SMILES string of the molecule is CNCC(=O)c1cnc(C(F)(F)F)s1. The molecule has 0 spiro atoms. The lowest BCUT2D eigenvalue weighted by atomic mass is 10.3. The van der Waals surface area contributed by atoms with E-state index in [4.69, 9.17) is 0 Å². The Balaban J connectivity index is 2.83. The molecule has 1 aromatic heterocycles.